The molecule has 2 aromatic carbocycles. The van der Waals surface area contributed by atoms with Crippen molar-refractivity contribution in [3.63, 3.8) is 0 Å². The lowest BCUT2D eigenvalue weighted by molar-refractivity contribution is 0.861. The molecule has 0 heterocycles. The van der Waals surface area contributed by atoms with Crippen molar-refractivity contribution in [3.05, 3.63) is 69.7 Å². The average molecular weight is 246 g/mol. The lowest BCUT2D eigenvalue weighted by atomic mass is 9.95. The maximum Gasteiger partial charge on any atom is 0.0554 e. The number of aryl methyl sites for hydroxylation is 2. The Morgan fingerprint density at radius 2 is 1.65 bits per heavy atom. The summed E-state index contributed by atoms with van der Waals surface area (Å²) in [6.07, 6.45) is 0. The van der Waals surface area contributed by atoms with Crippen molar-refractivity contribution in [3.8, 4) is 0 Å². The highest BCUT2D eigenvalue weighted by molar-refractivity contribution is 6.30. The Bertz CT molecular complexity index is 517. The molecule has 2 heteroatoms. The highest BCUT2D eigenvalue weighted by Crippen LogP contribution is 2.25. The van der Waals surface area contributed by atoms with Gasteiger partial charge in [-0.2, -0.15) is 0 Å². The predicted octanol–water partition coefficient (Wildman–Crippen LogP) is 4.00. The summed E-state index contributed by atoms with van der Waals surface area (Å²) >= 11 is 5.95. The summed E-state index contributed by atoms with van der Waals surface area (Å²) in [5, 5.41) is 0.752. The van der Waals surface area contributed by atoms with Crippen molar-refractivity contribution in [2.45, 2.75) is 19.9 Å². The fourth-order valence-electron chi connectivity index (χ4n) is 1.94. The number of halogens is 1. The van der Waals surface area contributed by atoms with Crippen LogP contribution in [-0.4, -0.2) is 0 Å². The van der Waals surface area contributed by atoms with Gasteiger partial charge in [-0.3, -0.25) is 0 Å². The number of hydrogen-bond acceptors (Lipinski definition) is 1. The van der Waals surface area contributed by atoms with Gasteiger partial charge >= 0.3 is 0 Å². The molecular formula is C15H16ClN. The van der Waals surface area contributed by atoms with E-state index in [2.05, 4.69) is 31.2 Å². The van der Waals surface area contributed by atoms with Gasteiger partial charge in [0.05, 0.1) is 6.04 Å². The average Bonchev–Trinajstić information content (AvgIpc) is 2.29. The van der Waals surface area contributed by atoms with Crippen LogP contribution in [0.4, 0.5) is 0 Å². The van der Waals surface area contributed by atoms with Gasteiger partial charge in [-0.25, -0.2) is 0 Å². The number of hydrogen-bond donors (Lipinski definition) is 1. The van der Waals surface area contributed by atoms with Crippen LogP contribution in [0.1, 0.15) is 28.3 Å². The van der Waals surface area contributed by atoms with Gasteiger partial charge in [-0.05, 0) is 42.7 Å². The topological polar surface area (TPSA) is 26.0 Å². The van der Waals surface area contributed by atoms with E-state index in [0.717, 1.165) is 21.7 Å². The van der Waals surface area contributed by atoms with Gasteiger partial charge in [0.1, 0.15) is 0 Å². The maximum atomic E-state index is 6.27. The third kappa shape index (κ3) is 2.68. The fourth-order valence-corrected chi connectivity index (χ4v) is 2.17. The van der Waals surface area contributed by atoms with E-state index in [1.165, 1.54) is 5.56 Å². The monoisotopic (exact) mass is 245 g/mol. The van der Waals surface area contributed by atoms with Crippen molar-refractivity contribution >= 4 is 11.6 Å². The Hall–Kier alpha value is -1.31. The molecule has 0 amide bonds. The van der Waals surface area contributed by atoms with Crippen molar-refractivity contribution in [1.29, 1.82) is 0 Å². The summed E-state index contributed by atoms with van der Waals surface area (Å²) in [6, 6.07) is 14.1. The minimum Gasteiger partial charge on any atom is -0.320 e. The van der Waals surface area contributed by atoms with Gasteiger partial charge < -0.3 is 5.73 Å². The molecule has 0 radical (unpaired) electrons. The summed E-state index contributed by atoms with van der Waals surface area (Å²) < 4.78 is 0. The normalized spacial score (nSPS) is 12.5. The van der Waals surface area contributed by atoms with Crippen LogP contribution in [0.5, 0.6) is 0 Å². The molecule has 0 bridgehead atoms. The molecule has 1 atom stereocenters. The molecule has 0 saturated carbocycles. The van der Waals surface area contributed by atoms with Gasteiger partial charge in [-0.15, -0.1) is 0 Å². The van der Waals surface area contributed by atoms with Crippen LogP contribution in [0.15, 0.2) is 42.5 Å². The van der Waals surface area contributed by atoms with E-state index in [1.807, 2.05) is 25.1 Å². The van der Waals surface area contributed by atoms with E-state index in [1.54, 1.807) is 0 Å². The second kappa shape index (κ2) is 4.91. The number of rotatable bonds is 2. The first kappa shape index (κ1) is 12.2. The van der Waals surface area contributed by atoms with Gasteiger partial charge in [0, 0.05) is 5.02 Å². The Balaban J connectivity index is 2.36. The van der Waals surface area contributed by atoms with Gasteiger partial charge in [0.2, 0.25) is 0 Å². The van der Waals surface area contributed by atoms with Crippen molar-refractivity contribution in [2.24, 2.45) is 5.73 Å². The Morgan fingerprint density at radius 3 is 2.24 bits per heavy atom. The summed E-state index contributed by atoms with van der Waals surface area (Å²) in [5.41, 5.74) is 10.9. The summed E-state index contributed by atoms with van der Waals surface area (Å²) in [6.45, 7) is 4.11. The summed E-state index contributed by atoms with van der Waals surface area (Å²) in [5.74, 6) is 0. The summed E-state index contributed by atoms with van der Waals surface area (Å²) in [4.78, 5) is 0. The first-order chi connectivity index (χ1) is 8.08. The quantitative estimate of drug-likeness (QED) is 0.850. The Kier molecular flexibility index (Phi) is 3.51. The van der Waals surface area contributed by atoms with Gasteiger partial charge in [-0.1, -0.05) is 47.5 Å². The molecule has 1 nitrogen and oxygen atoms in total. The molecule has 2 aromatic rings. The number of nitrogens with two attached hydrogens (primary N) is 1. The van der Waals surface area contributed by atoms with Crippen LogP contribution < -0.4 is 5.73 Å². The highest BCUT2D eigenvalue weighted by atomic mass is 35.5. The van der Waals surface area contributed by atoms with Crippen molar-refractivity contribution < 1.29 is 0 Å². The highest BCUT2D eigenvalue weighted by Gasteiger charge is 2.11. The molecule has 2 N–H and O–H groups in total. The van der Waals surface area contributed by atoms with E-state index in [0.29, 0.717) is 0 Å². The minimum atomic E-state index is -0.0899. The lowest BCUT2D eigenvalue weighted by Gasteiger charge is -2.15. The molecule has 0 aliphatic carbocycles. The predicted molar refractivity (Wildman–Crippen MR) is 73.4 cm³/mol. The van der Waals surface area contributed by atoms with Crippen LogP contribution in [-0.2, 0) is 0 Å². The molecule has 0 spiro atoms. The molecule has 2 rings (SSSR count). The lowest BCUT2D eigenvalue weighted by Crippen LogP contribution is -2.13. The molecule has 0 aliphatic rings. The van der Waals surface area contributed by atoms with Crippen LogP contribution in [0.3, 0.4) is 0 Å². The molecule has 88 valence electrons. The van der Waals surface area contributed by atoms with Crippen molar-refractivity contribution in [2.75, 3.05) is 0 Å². The fraction of sp³-hybridized carbons (Fsp3) is 0.200. The molecule has 0 fully saturated rings. The van der Waals surface area contributed by atoms with E-state index >= 15 is 0 Å². The standard InChI is InChI=1S/C15H16ClN/c1-10-3-5-12(6-4-10)15(17)14-8-7-13(16)9-11(14)2/h3-9,15H,17H2,1-2H3. The zero-order valence-electron chi connectivity index (χ0n) is 10.1. The maximum absolute atomic E-state index is 6.27. The first-order valence-electron chi connectivity index (χ1n) is 5.66. The van der Waals surface area contributed by atoms with Crippen molar-refractivity contribution in [1.82, 2.24) is 0 Å². The molecule has 17 heavy (non-hydrogen) atoms. The van der Waals surface area contributed by atoms with Gasteiger partial charge in [0.25, 0.3) is 0 Å². The second-order valence-corrected chi connectivity index (χ2v) is 4.83. The molecule has 0 aliphatic heterocycles. The van der Waals surface area contributed by atoms with E-state index < -0.39 is 0 Å². The molecule has 1 unspecified atom stereocenters. The number of benzene rings is 2. The molecular weight excluding hydrogens is 230 g/mol. The summed E-state index contributed by atoms with van der Waals surface area (Å²) in [7, 11) is 0. The van der Waals surface area contributed by atoms with E-state index in [9.17, 15) is 0 Å². The molecule has 0 aromatic heterocycles. The van der Waals surface area contributed by atoms with E-state index in [4.69, 9.17) is 17.3 Å². The zero-order valence-corrected chi connectivity index (χ0v) is 10.8. The third-order valence-corrected chi connectivity index (χ3v) is 3.24. The first-order valence-corrected chi connectivity index (χ1v) is 6.04. The molecule has 0 saturated heterocycles. The van der Waals surface area contributed by atoms with Crippen LogP contribution >= 0.6 is 11.6 Å². The zero-order chi connectivity index (χ0) is 12.4. The smallest absolute Gasteiger partial charge is 0.0554 e. The third-order valence-electron chi connectivity index (χ3n) is 3.00. The van der Waals surface area contributed by atoms with Crippen LogP contribution in [0.2, 0.25) is 5.02 Å². The van der Waals surface area contributed by atoms with E-state index in [-0.39, 0.29) is 6.04 Å². The Morgan fingerprint density at radius 1 is 1.00 bits per heavy atom. The van der Waals surface area contributed by atoms with Crippen LogP contribution in [0.25, 0.3) is 0 Å². The van der Waals surface area contributed by atoms with Gasteiger partial charge in [0.15, 0.2) is 0 Å². The largest absolute Gasteiger partial charge is 0.320 e. The second-order valence-electron chi connectivity index (χ2n) is 4.39. The SMILES string of the molecule is Cc1ccc(C(N)c2ccc(Cl)cc2C)cc1. The van der Waals surface area contributed by atoms with Crippen LogP contribution in [0, 0.1) is 13.8 Å². The Labute approximate surface area is 107 Å². The minimum absolute atomic E-state index is 0.0899.